The molecule has 1 aliphatic rings. The Morgan fingerprint density at radius 3 is 2.26 bits per heavy atom. The van der Waals surface area contributed by atoms with Crippen molar-refractivity contribution >= 4 is 6.03 Å². The molecule has 0 heterocycles. The third-order valence-corrected chi connectivity index (χ3v) is 5.07. The molecule has 3 heteroatoms. The van der Waals surface area contributed by atoms with Gasteiger partial charge in [0.2, 0.25) is 0 Å². The number of rotatable bonds is 5. The van der Waals surface area contributed by atoms with Crippen LogP contribution in [0.3, 0.4) is 0 Å². The zero-order chi connectivity index (χ0) is 14.5. The molecule has 3 nitrogen and oxygen atoms in total. The van der Waals surface area contributed by atoms with E-state index in [-0.39, 0.29) is 12.1 Å². The van der Waals surface area contributed by atoms with Gasteiger partial charge in [-0.3, -0.25) is 0 Å². The molecule has 0 aromatic rings. The van der Waals surface area contributed by atoms with Gasteiger partial charge in [-0.2, -0.15) is 0 Å². The second-order valence-electron chi connectivity index (χ2n) is 6.82. The summed E-state index contributed by atoms with van der Waals surface area (Å²) in [5, 5.41) is 6.10. The molecule has 0 unspecified atom stereocenters. The summed E-state index contributed by atoms with van der Waals surface area (Å²) in [5.41, 5.74) is 0.448. The molecule has 0 aromatic heterocycles. The molecule has 0 aromatic carbocycles. The predicted molar refractivity (Wildman–Crippen MR) is 81.2 cm³/mol. The van der Waals surface area contributed by atoms with Gasteiger partial charge < -0.3 is 10.6 Å². The molecule has 2 N–H and O–H groups in total. The van der Waals surface area contributed by atoms with E-state index in [1.54, 1.807) is 0 Å². The number of carbonyl (C=O) groups excluding carboxylic acids is 1. The SMILES string of the molecule is CC[C@@H](C)NC(=O)NC1CCC(C(C)(C)CC)CC1. The molecule has 0 radical (unpaired) electrons. The number of amides is 2. The zero-order valence-corrected chi connectivity index (χ0v) is 13.4. The maximum atomic E-state index is 11.8. The Balaban J connectivity index is 2.32. The van der Waals surface area contributed by atoms with Crippen molar-refractivity contribution in [2.24, 2.45) is 11.3 Å². The Labute approximate surface area is 118 Å². The van der Waals surface area contributed by atoms with Crippen LogP contribution in [0.4, 0.5) is 4.79 Å². The first-order valence-electron chi connectivity index (χ1n) is 7.96. The lowest BCUT2D eigenvalue weighted by molar-refractivity contribution is 0.138. The van der Waals surface area contributed by atoms with Gasteiger partial charge in [0, 0.05) is 12.1 Å². The van der Waals surface area contributed by atoms with E-state index in [0.29, 0.717) is 11.5 Å². The van der Waals surface area contributed by atoms with Gasteiger partial charge in [-0.25, -0.2) is 4.79 Å². The van der Waals surface area contributed by atoms with E-state index in [1.807, 2.05) is 6.92 Å². The zero-order valence-electron chi connectivity index (χ0n) is 13.4. The van der Waals surface area contributed by atoms with Crippen LogP contribution in [0.25, 0.3) is 0 Å². The van der Waals surface area contributed by atoms with E-state index >= 15 is 0 Å². The fraction of sp³-hybridized carbons (Fsp3) is 0.938. The Kier molecular flexibility index (Phi) is 6.15. The minimum absolute atomic E-state index is 0.00699. The van der Waals surface area contributed by atoms with Crippen LogP contribution in [0.1, 0.15) is 73.1 Å². The summed E-state index contributed by atoms with van der Waals surface area (Å²) in [6, 6.07) is 0.635. The minimum atomic E-state index is 0.00699. The Morgan fingerprint density at radius 2 is 1.79 bits per heavy atom. The Morgan fingerprint density at radius 1 is 1.21 bits per heavy atom. The van der Waals surface area contributed by atoms with Crippen LogP contribution < -0.4 is 10.6 Å². The number of carbonyl (C=O) groups is 1. The molecule has 1 fully saturated rings. The van der Waals surface area contributed by atoms with Gasteiger partial charge in [0.1, 0.15) is 0 Å². The van der Waals surface area contributed by atoms with Crippen molar-refractivity contribution in [3.8, 4) is 0 Å². The molecule has 2 amide bonds. The third kappa shape index (κ3) is 5.04. The molecule has 1 saturated carbocycles. The van der Waals surface area contributed by atoms with Gasteiger partial charge in [0.15, 0.2) is 0 Å². The van der Waals surface area contributed by atoms with Crippen molar-refractivity contribution in [3.05, 3.63) is 0 Å². The highest BCUT2D eigenvalue weighted by atomic mass is 16.2. The largest absolute Gasteiger partial charge is 0.336 e. The molecule has 0 aliphatic heterocycles. The number of hydrogen-bond donors (Lipinski definition) is 2. The lowest BCUT2D eigenvalue weighted by atomic mass is 9.69. The summed E-state index contributed by atoms with van der Waals surface area (Å²) >= 11 is 0. The maximum Gasteiger partial charge on any atom is 0.315 e. The lowest BCUT2D eigenvalue weighted by Crippen LogP contribution is -2.47. The third-order valence-electron chi connectivity index (χ3n) is 5.07. The topological polar surface area (TPSA) is 41.1 Å². The first kappa shape index (κ1) is 16.3. The summed E-state index contributed by atoms with van der Waals surface area (Å²) in [5.74, 6) is 0.813. The van der Waals surface area contributed by atoms with Crippen LogP contribution in [0.15, 0.2) is 0 Å². The highest BCUT2D eigenvalue weighted by molar-refractivity contribution is 5.74. The average Bonchev–Trinajstić information content (AvgIpc) is 2.39. The second kappa shape index (κ2) is 7.16. The maximum absolute atomic E-state index is 11.8. The van der Waals surface area contributed by atoms with Gasteiger partial charge in [-0.15, -0.1) is 0 Å². The van der Waals surface area contributed by atoms with E-state index < -0.39 is 0 Å². The van der Waals surface area contributed by atoms with Crippen LogP contribution in [-0.4, -0.2) is 18.1 Å². The summed E-state index contributed by atoms with van der Waals surface area (Å²) in [7, 11) is 0. The van der Waals surface area contributed by atoms with Crippen LogP contribution in [0, 0.1) is 11.3 Å². The quantitative estimate of drug-likeness (QED) is 0.775. The second-order valence-corrected chi connectivity index (χ2v) is 6.82. The van der Waals surface area contributed by atoms with Crippen LogP contribution in [0.2, 0.25) is 0 Å². The van der Waals surface area contributed by atoms with Gasteiger partial charge in [-0.05, 0) is 50.4 Å². The van der Waals surface area contributed by atoms with Crippen molar-refractivity contribution in [2.75, 3.05) is 0 Å². The van der Waals surface area contributed by atoms with Crippen LogP contribution in [-0.2, 0) is 0 Å². The van der Waals surface area contributed by atoms with Crippen molar-refractivity contribution in [1.82, 2.24) is 10.6 Å². The molecule has 1 atom stereocenters. The molecule has 1 rings (SSSR count). The fourth-order valence-electron chi connectivity index (χ4n) is 2.86. The summed E-state index contributed by atoms with van der Waals surface area (Å²) < 4.78 is 0. The van der Waals surface area contributed by atoms with E-state index in [0.717, 1.165) is 25.2 Å². The molecule has 0 saturated heterocycles. The van der Waals surface area contributed by atoms with Crippen molar-refractivity contribution in [2.45, 2.75) is 85.2 Å². The van der Waals surface area contributed by atoms with Gasteiger partial charge in [-0.1, -0.05) is 34.1 Å². The van der Waals surface area contributed by atoms with Crippen LogP contribution >= 0.6 is 0 Å². The number of hydrogen-bond acceptors (Lipinski definition) is 1. The first-order valence-corrected chi connectivity index (χ1v) is 7.96. The Hall–Kier alpha value is -0.730. The van der Waals surface area contributed by atoms with Gasteiger partial charge in [0.25, 0.3) is 0 Å². The fourth-order valence-corrected chi connectivity index (χ4v) is 2.86. The summed E-state index contributed by atoms with van der Waals surface area (Å²) in [4.78, 5) is 11.8. The first-order chi connectivity index (χ1) is 8.89. The monoisotopic (exact) mass is 268 g/mol. The van der Waals surface area contributed by atoms with Crippen molar-refractivity contribution in [3.63, 3.8) is 0 Å². The summed E-state index contributed by atoms with van der Waals surface area (Å²) in [6.45, 7) is 11.2. The highest BCUT2D eigenvalue weighted by Crippen LogP contribution is 2.40. The smallest absolute Gasteiger partial charge is 0.315 e. The number of urea groups is 1. The molecule has 19 heavy (non-hydrogen) atoms. The van der Waals surface area contributed by atoms with Crippen LogP contribution in [0.5, 0.6) is 0 Å². The summed E-state index contributed by atoms with van der Waals surface area (Å²) in [6.07, 6.45) is 6.96. The molecular formula is C16H32N2O. The number of nitrogens with one attached hydrogen (secondary N) is 2. The normalized spacial score (nSPS) is 25.7. The van der Waals surface area contributed by atoms with Gasteiger partial charge >= 0.3 is 6.03 Å². The molecular weight excluding hydrogens is 236 g/mol. The minimum Gasteiger partial charge on any atom is -0.336 e. The standard InChI is InChI=1S/C16H32N2O/c1-6-12(3)17-15(19)18-14-10-8-13(9-11-14)16(4,5)7-2/h12-14H,6-11H2,1-5H3,(H2,17,18,19)/t12-,13?,14?/m1/s1. The van der Waals surface area contributed by atoms with E-state index in [9.17, 15) is 4.79 Å². The molecule has 0 bridgehead atoms. The van der Waals surface area contributed by atoms with E-state index in [2.05, 4.69) is 38.3 Å². The van der Waals surface area contributed by atoms with Crippen molar-refractivity contribution in [1.29, 1.82) is 0 Å². The van der Waals surface area contributed by atoms with Crippen molar-refractivity contribution < 1.29 is 4.79 Å². The molecule has 112 valence electrons. The lowest BCUT2D eigenvalue weighted by Gasteiger charge is -2.39. The van der Waals surface area contributed by atoms with Gasteiger partial charge in [0.05, 0.1) is 0 Å². The highest BCUT2D eigenvalue weighted by Gasteiger charge is 2.32. The Bertz CT molecular complexity index is 280. The van der Waals surface area contributed by atoms with E-state index in [4.69, 9.17) is 0 Å². The van der Waals surface area contributed by atoms with E-state index in [1.165, 1.54) is 19.3 Å². The molecule has 0 spiro atoms. The average molecular weight is 268 g/mol. The molecule has 1 aliphatic carbocycles. The predicted octanol–water partition coefficient (Wildman–Crippen LogP) is 4.08.